The van der Waals surface area contributed by atoms with Crippen molar-refractivity contribution >= 4 is 17.6 Å². The second kappa shape index (κ2) is 10.4. The summed E-state index contributed by atoms with van der Waals surface area (Å²) in [4.78, 5) is 36.5. The second-order valence-electron chi connectivity index (χ2n) is 8.89. The number of carbonyl (C=O) groups excluding carboxylic acids is 2. The van der Waals surface area contributed by atoms with Gasteiger partial charge in [0.25, 0.3) is 5.91 Å². The molecule has 4 rings (SSSR count). The number of imide groups is 1. The SMILES string of the molecule is CC(c1ccncc1CO)C1(C(C)c2ccncc2CO)NC(=O)N(c2ccc(OC(F)(F)F)cc2)C1=O. The third-order valence-electron chi connectivity index (χ3n) is 6.92. The van der Waals surface area contributed by atoms with Crippen LogP contribution in [0.15, 0.2) is 61.2 Å². The summed E-state index contributed by atoms with van der Waals surface area (Å²) in [5, 5.41) is 22.7. The number of urea groups is 1. The van der Waals surface area contributed by atoms with E-state index in [1.54, 1.807) is 26.0 Å². The molecule has 1 fully saturated rings. The summed E-state index contributed by atoms with van der Waals surface area (Å²) in [5.74, 6) is -2.59. The van der Waals surface area contributed by atoms with Crippen LogP contribution in [0.4, 0.5) is 23.7 Å². The van der Waals surface area contributed by atoms with E-state index >= 15 is 0 Å². The molecule has 1 aliphatic rings. The van der Waals surface area contributed by atoms with Gasteiger partial charge in [-0.05, 0) is 58.7 Å². The first-order valence-electron chi connectivity index (χ1n) is 11.6. The van der Waals surface area contributed by atoms with Crippen molar-refractivity contribution < 1.29 is 37.7 Å². The van der Waals surface area contributed by atoms with E-state index in [1.807, 2.05) is 0 Å². The number of nitrogens with one attached hydrogen (secondary N) is 1. The molecule has 38 heavy (non-hydrogen) atoms. The first-order valence-corrected chi connectivity index (χ1v) is 11.6. The number of ether oxygens (including phenoxy) is 1. The average molecular weight is 531 g/mol. The number of anilines is 1. The van der Waals surface area contributed by atoms with Crippen LogP contribution < -0.4 is 15.0 Å². The van der Waals surface area contributed by atoms with Crippen LogP contribution in [-0.2, 0) is 18.0 Å². The highest BCUT2D eigenvalue weighted by atomic mass is 19.4. The molecule has 0 bridgehead atoms. The topological polar surface area (TPSA) is 125 Å². The van der Waals surface area contributed by atoms with Crippen molar-refractivity contribution in [3.8, 4) is 5.75 Å². The number of hydrogen-bond acceptors (Lipinski definition) is 7. The highest BCUT2D eigenvalue weighted by molar-refractivity contribution is 6.24. The fourth-order valence-electron chi connectivity index (χ4n) is 5.03. The Labute approximate surface area is 215 Å². The van der Waals surface area contributed by atoms with E-state index in [0.29, 0.717) is 22.3 Å². The van der Waals surface area contributed by atoms with Gasteiger partial charge in [0.05, 0.1) is 18.9 Å². The maximum absolute atomic E-state index is 14.3. The van der Waals surface area contributed by atoms with Gasteiger partial charge in [-0.15, -0.1) is 13.2 Å². The molecule has 2 unspecified atom stereocenters. The Kier molecular flexibility index (Phi) is 7.38. The smallest absolute Gasteiger partial charge is 0.406 e. The number of aliphatic hydroxyl groups excluding tert-OH is 2. The van der Waals surface area contributed by atoms with E-state index in [9.17, 15) is 33.0 Å². The number of amides is 3. The van der Waals surface area contributed by atoms with Crippen LogP contribution in [-0.4, -0.2) is 44.0 Å². The van der Waals surface area contributed by atoms with Crippen LogP contribution in [0.3, 0.4) is 0 Å². The third-order valence-corrected chi connectivity index (χ3v) is 6.92. The minimum absolute atomic E-state index is 0.0394. The van der Waals surface area contributed by atoms with Crippen molar-refractivity contribution in [3.63, 3.8) is 0 Å². The van der Waals surface area contributed by atoms with Crippen molar-refractivity contribution in [2.24, 2.45) is 0 Å². The summed E-state index contributed by atoms with van der Waals surface area (Å²) in [6.45, 7) is 2.74. The van der Waals surface area contributed by atoms with E-state index in [4.69, 9.17) is 0 Å². The molecule has 1 aromatic carbocycles. The summed E-state index contributed by atoms with van der Waals surface area (Å²) in [7, 11) is 0. The number of benzene rings is 1. The van der Waals surface area contributed by atoms with Gasteiger partial charge in [-0.1, -0.05) is 13.8 Å². The van der Waals surface area contributed by atoms with Crippen molar-refractivity contribution in [1.82, 2.24) is 15.3 Å². The minimum Gasteiger partial charge on any atom is -0.406 e. The molecule has 1 saturated heterocycles. The molecule has 3 N–H and O–H groups in total. The van der Waals surface area contributed by atoms with Gasteiger partial charge in [0.15, 0.2) is 0 Å². The molecule has 0 spiro atoms. The predicted molar refractivity (Wildman–Crippen MR) is 129 cm³/mol. The van der Waals surface area contributed by atoms with E-state index in [1.165, 1.54) is 36.9 Å². The van der Waals surface area contributed by atoms with Crippen LogP contribution >= 0.6 is 0 Å². The van der Waals surface area contributed by atoms with Crippen molar-refractivity contribution in [1.29, 1.82) is 0 Å². The summed E-state index contributed by atoms with van der Waals surface area (Å²) in [5.41, 5.74) is 0.472. The zero-order valence-corrected chi connectivity index (χ0v) is 20.4. The maximum atomic E-state index is 14.3. The molecular weight excluding hydrogens is 505 g/mol. The molecule has 0 aliphatic carbocycles. The number of hydrogen-bond donors (Lipinski definition) is 3. The van der Waals surface area contributed by atoms with Crippen LogP contribution in [0.5, 0.6) is 5.75 Å². The number of alkyl halides is 3. The Morgan fingerprint density at radius 2 is 1.42 bits per heavy atom. The number of aliphatic hydroxyl groups is 2. The molecule has 3 aromatic rings. The first kappa shape index (κ1) is 27.0. The van der Waals surface area contributed by atoms with Gasteiger partial charge < -0.3 is 20.3 Å². The number of nitrogens with zero attached hydrogens (tertiary/aromatic N) is 3. The van der Waals surface area contributed by atoms with E-state index < -0.39 is 41.4 Å². The molecule has 9 nitrogen and oxygen atoms in total. The number of rotatable bonds is 8. The molecule has 3 amide bonds. The number of carbonyl (C=O) groups is 2. The van der Waals surface area contributed by atoms with Gasteiger partial charge in [-0.3, -0.25) is 14.8 Å². The zero-order chi connectivity index (χ0) is 27.7. The highest BCUT2D eigenvalue weighted by Crippen LogP contribution is 2.46. The molecule has 2 atom stereocenters. The number of pyridine rings is 2. The maximum Gasteiger partial charge on any atom is 0.573 e. The van der Waals surface area contributed by atoms with E-state index in [2.05, 4.69) is 20.0 Å². The van der Waals surface area contributed by atoms with Crippen molar-refractivity contribution in [2.45, 2.75) is 50.8 Å². The van der Waals surface area contributed by atoms with Gasteiger partial charge in [-0.2, -0.15) is 0 Å². The fraction of sp³-hybridized carbons (Fsp3) is 0.308. The molecule has 200 valence electrons. The Morgan fingerprint density at radius 3 is 1.87 bits per heavy atom. The minimum atomic E-state index is -4.90. The lowest BCUT2D eigenvalue weighted by molar-refractivity contribution is -0.274. The Morgan fingerprint density at radius 1 is 0.921 bits per heavy atom. The standard InChI is InChI=1S/C26H25F3N4O5/c1-15(21-7-9-30-11-17(21)13-34)25(16(2)22-8-10-31-12-18(22)14-35)23(36)33(24(37)32-25)19-3-5-20(6-4-19)38-26(27,28)29/h3-12,15-16,34-35H,13-14H2,1-2H3,(H,32,37). The largest absolute Gasteiger partial charge is 0.573 e. The molecule has 12 heteroatoms. The molecular formula is C26H25F3N4O5. The second-order valence-corrected chi connectivity index (χ2v) is 8.89. The summed E-state index contributed by atoms with van der Waals surface area (Å²) in [6, 6.07) is 6.90. The van der Waals surface area contributed by atoms with Gasteiger partial charge in [-0.25, -0.2) is 9.69 Å². The average Bonchev–Trinajstić information content (AvgIpc) is 3.17. The quantitative estimate of drug-likeness (QED) is 0.379. The normalized spacial score (nSPS) is 19.3. The van der Waals surface area contributed by atoms with Gasteiger partial charge in [0.2, 0.25) is 0 Å². The Bertz CT molecular complexity index is 1280. The first-order chi connectivity index (χ1) is 18.0. The Hall–Kier alpha value is -4.03. The van der Waals surface area contributed by atoms with Crippen molar-refractivity contribution in [2.75, 3.05) is 4.90 Å². The summed E-state index contributed by atoms with van der Waals surface area (Å²) < 4.78 is 41.7. The lowest BCUT2D eigenvalue weighted by Crippen LogP contribution is -2.55. The van der Waals surface area contributed by atoms with Gasteiger partial charge in [0.1, 0.15) is 11.3 Å². The van der Waals surface area contributed by atoms with E-state index in [0.717, 1.165) is 17.0 Å². The van der Waals surface area contributed by atoms with Crippen LogP contribution in [0, 0.1) is 0 Å². The lowest BCUT2D eigenvalue weighted by Gasteiger charge is -2.39. The van der Waals surface area contributed by atoms with Crippen LogP contribution in [0.25, 0.3) is 0 Å². The fourth-order valence-corrected chi connectivity index (χ4v) is 5.03. The van der Waals surface area contributed by atoms with Crippen molar-refractivity contribution in [3.05, 3.63) is 83.4 Å². The highest BCUT2D eigenvalue weighted by Gasteiger charge is 2.59. The van der Waals surface area contributed by atoms with E-state index in [-0.39, 0.29) is 18.9 Å². The van der Waals surface area contributed by atoms with Crippen LogP contribution in [0.2, 0.25) is 0 Å². The third kappa shape index (κ3) is 4.79. The molecule has 0 radical (unpaired) electrons. The monoisotopic (exact) mass is 530 g/mol. The van der Waals surface area contributed by atoms with Crippen LogP contribution in [0.1, 0.15) is 47.9 Å². The van der Waals surface area contributed by atoms with Gasteiger partial charge >= 0.3 is 12.4 Å². The number of aromatic nitrogens is 2. The predicted octanol–water partition coefficient (Wildman–Crippen LogP) is 3.76. The molecule has 2 aromatic heterocycles. The van der Waals surface area contributed by atoms with Gasteiger partial charge in [0, 0.05) is 36.6 Å². The lowest BCUT2D eigenvalue weighted by atomic mass is 9.68. The number of halogens is 3. The molecule has 0 saturated carbocycles. The Balaban J connectivity index is 1.83. The summed E-state index contributed by atoms with van der Waals surface area (Å²) in [6.07, 6.45) is 1.05. The zero-order valence-electron chi connectivity index (χ0n) is 20.4. The molecule has 1 aliphatic heterocycles. The molecule has 3 heterocycles. The summed E-state index contributed by atoms with van der Waals surface area (Å²) >= 11 is 0.